The van der Waals surface area contributed by atoms with Crippen LogP contribution in [0.4, 0.5) is 0 Å². The minimum atomic E-state index is -0.549. The van der Waals surface area contributed by atoms with Crippen LogP contribution >= 0.6 is 0 Å². The summed E-state index contributed by atoms with van der Waals surface area (Å²) >= 11 is 0. The summed E-state index contributed by atoms with van der Waals surface area (Å²) in [5.41, 5.74) is 3.91. The zero-order valence-corrected chi connectivity index (χ0v) is 17.6. The van der Waals surface area contributed by atoms with Gasteiger partial charge in [0.2, 0.25) is 0 Å². The highest BCUT2D eigenvalue weighted by molar-refractivity contribution is 5.87. The van der Waals surface area contributed by atoms with Crippen molar-refractivity contribution in [2.24, 2.45) is 11.8 Å². The summed E-state index contributed by atoms with van der Waals surface area (Å²) in [5, 5.41) is 10.0. The van der Waals surface area contributed by atoms with Crippen molar-refractivity contribution in [2.45, 2.75) is 31.1 Å². The quantitative estimate of drug-likeness (QED) is 0.761. The van der Waals surface area contributed by atoms with Crippen molar-refractivity contribution >= 4 is 12.0 Å². The number of hydrogen-bond donors (Lipinski definition) is 1. The molecule has 0 amide bonds. The number of hydrogen-bond acceptors (Lipinski definition) is 4. The van der Waals surface area contributed by atoms with E-state index in [-0.39, 0.29) is 23.2 Å². The second-order valence-corrected chi connectivity index (χ2v) is 9.04. The van der Waals surface area contributed by atoms with Gasteiger partial charge in [0.15, 0.2) is 0 Å². The molecular weight excluding hydrogens is 374 g/mol. The van der Waals surface area contributed by atoms with E-state index in [1.165, 1.54) is 12.8 Å². The molecule has 30 heavy (non-hydrogen) atoms. The average Bonchev–Trinajstić information content (AvgIpc) is 3.48. The molecular formula is C26H27NO3. The second-order valence-electron chi connectivity index (χ2n) is 9.04. The maximum atomic E-state index is 12.8. The standard InChI is InChI=1S/C26H27NO3/c1-17-23-13-18-9-10-21(28)14-22(18)25(17,2)11-12-27(23)16-20-15-26(20,24(29)30-3)19-7-5-4-6-8-19/h4-14,17,20,28H,15-16H2,1-3H3/t17-,20+,25-,26+/m0/s1. The third kappa shape index (κ3) is 2.56. The molecule has 1 N–H and O–H groups in total. The molecule has 2 bridgehead atoms. The average molecular weight is 402 g/mol. The Morgan fingerprint density at radius 2 is 2.00 bits per heavy atom. The van der Waals surface area contributed by atoms with E-state index in [1.54, 1.807) is 6.07 Å². The van der Waals surface area contributed by atoms with E-state index < -0.39 is 5.41 Å². The first-order valence-electron chi connectivity index (χ1n) is 10.5. The van der Waals surface area contributed by atoms with E-state index in [4.69, 9.17) is 4.74 Å². The van der Waals surface area contributed by atoms with Crippen molar-refractivity contribution in [3.8, 4) is 5.75 Å². The lowest BCUT2D eigenvalue weighted by atomic mass is 9.65. The Hall–Kier alpha value is -3.01. The van der Waals surface area contributed by atoms with Crippen LogP contribution in [0.15, 0.2) is 66.5 Å². The first kappa shape index (κ1) is 19.0. The molecule has 2 aliphatic carbocycles. The molecule has 0 unspecified atom stereocenters. The van der Waals surface area contributed by atoms with Crippen molar-refractivity contribution < 1.29 is 14.6 Å². The summed E-state index contributed by atoms with van der Waals surface area (Å²) in [6.45, 7) is 5.25. The van der Waals surface area contributed by atoms with E-state index in [2.05, 4.69) is 37.1 Å². The Morgan fingerprint density at radius 3 is 2.73 bits per heavy atom. The Bertz CT molecular complexity index is 1070. The highest BCUT2D eigenvalue weighted by atomic mass is 16.5. The van der Waals surface area contributed by atoms with E-state index in [0.717, 1.165) is 29.7 Å². The number of methoxy groups -OCH3 is 1. The van der Waals surface area contributed by atoms with Gasteiger partial charge >= 0.3 is 5.97 Å². The van der Waals surface area contributed by atoms with Gasteiger partial charge in [-0.05, 0) is 47.2 Å². The van der Waals surface area contributed by atoms with Crippen LogP contribution in [0.2, 0.25) is 0 Å². The van der Waals surface area contributed by atoms with Crippen LogP contribution < -0.4 is 0 Å². The summed E-state index contributed by atoms with van der Waals surface area (Å²) in [6.07, 6.45) is 7.44. The first-order chi connectivity index (χ1) is 14.4. The Morgan fingerprint density at radius 1 is 1.23 bits per heavy atom. The molecule has 1 heterocycles. The van der Waals surface area contributed by atoms with Gasteiger partial charge in [-0.25, -0.2) is 0 Å². The topological polar surface area (TPSA) is 49.8 Å². The molecule has 2 aromatic rings. The molecule has 4 atom stereocenters. The fourth-order valence-corrected chi connectivity index (χ4v) is 5.45. The van der Waals surface area contributed by atoms with Gasteiger partial charge in [0.05, 0.1) is 12.5 Å². The molecule has 5 rings (SSSR count). The molecule has 0 radical (unpaired) electrons. The number of aromatic hydroxyl groups is 1. The molecule has 1 fully saturated rings. The number of fused-ring (bicyclic) bond motifs is 4. The van der Waals surface area contributed by atoms with Crippen molar-refractivity contribution in [2.75, 3.05) is 13.7 Å². The van der Waals surface area contributed by atoms with Gasteiger partial charge in [-0.15, -0.1) is 0 Å². The number of nitrogens with zero attached hydrogens (tertiary/aromatic N) is 1. The highest BCUT2D eigenvalue weighted by Gasteiger charge is 2.62. The molecule has 4 nitrogen and oxygen atoms in total. The summed E-state index contributed by atoms with van der Waals surface area (Å²) in [5.74, 6) is 0.644. The summed E-state index contributed by atoms with van der Waals surface area (Å²) in [7, 11) is 1.48. The fourth-order valence-electron chi connectivity index (χ4n) is 5.45. The van der Waals surface area contributed by atoms with Gasteiger partial charge in [0.25, 0.3) is 0 Å². The molecule has 0 aromatic heterocycles. The second kappa shape index (κ2) is 6.49. The first-order valence-corrected chi connectivity index (χ1v) is 10.5. The Kier molecular flexibility index (Phi) is 4.11. The normalized spacial score (nSPS) is 31.0. The zero-order valence-electron chi connectivity index (χ0n) is 17.6. The molecule has 0 spiro atoms. The predicted molar refractivity (Wildman–Crippen MR) is 117 cm³/mol. The summed E-state index contributed by atoms with van der Waals surface area (Å²) in [4.78, 5) is 15.1. The summed E-state index contributed by atoms with van der Waals surface area (Å²) in [6, 6.07) is 15.6. The van der Waals surface area contributed by atoms with Gasteiger partial charge in [-0.2, -0.15) is 0 Å². The number of phenols is 1. The van der Waals surface area contributed by atoms with Gasteiger partial charge in [-0.3, -0.25) is 4.79 Å². The van der Waals surface area contributed by atoms with Crippen molar-refractivity contribution in [3.63, 3.8) is 0 Å². The number of esters is 1. The van der Waals surface area contributed by atoms with Crippen molar-refractivity contribution in [1.29, 1.82) is 0 Å². The number of rotatable bonds is 4. The molecule has 3 aliphatic rings. The van der Waals surface area contributed by atoms with Gasteiger partial charge in [0, 0.05) is 29.8 Å². The molecule has 1 aliphatic heterocycles. The van der Waals surface area contributed by atoms with Crippen LogP contribution in [-0.4, -0.2) is 29.6 Å². The largest absolute Gasteiger partial charge is 0.508 e. The molecule has 4 heteroatoms. The maximum absolute atomic E-state index is 12.8. The molecule has 1 saturated carbocycles. The number of phenolic OH excluding ortho intramolecular Hbond substituents is 1. The molecule has 2 aromatic carbocycles. The van der Waals surface area contributed by atoms with Crippen molar-refractivity contribution in [1.82, 2.24) is 4.90 Å². The lowest BCUT2D eigenvalue weighted by Crippen LogP contribution is -2.42. The van der Waals surface area contributed by atoms with Gasteiger partial charge in [0.1, 0.15) is 5.75 Å². The zero-order chi connectivity index (χ0) is 21.1. The molecule has 154 valence electrons. The van der Waals surface area contributed by atoms with Gasteiger partial charge in [-0.1, -0.05) is 56.3 Å². The maximum Gasteiger partial charge on any atom is 0.316 e. The predicted octanol–water partition coefficient (Wildman–Crippen LogP) is 4.60. The fraction of sp³-hybridized carbons (Fsp3) is 0.346. The monoisotopic (exact) mass is 401 g/mol. The van der Waals surface area contributed by atoms with Crippen molar-refractivity contribution in [3.05, 3.63) is 83.2 Å². The lowest BCUT2D eigenvalue weighted by Gasteiger charge is -2.46. The number of allylic oxidation sites excluding steroid dienone is 2. The molecule has 0 saturated heterocycles. The number of carbonyl (C=O) groups excluding carboxylic acids is 1. The van der Waals surface area contributed by atoms with Crippen LogP contribution in [0.5, 0.6) is 5.75 Å². The smallest absolute Gasteiger partial charge is 0.316 e. The third-order valence-corrected chi connectivity index (χ3v) is 7.56. The van der Waals surface area contributed by atoms with Crippen LogP contribution in [0.1, 0.15) is 37.0 Å². The SMILES string of the molecule is COC(=O)[C@@]1(c2ccccc2)C[C@@H]1CN1C=C[C@]2(C)c3cc(O)ccc3C=C1[C@@H]2C. The van der Waals surface area contributed by atoms with Crippen LogP contribution in [0.3, 0.4) is 0 Å². The number of carbonyl (C=O) groups is 1. The Balaban J connectivity index is 1.48. The minimum Gasteiger partial charge on any atom is -0.508 e. The minimum absolute atomic E-state index is 0.143. The highest BCUT2D eigenvalue weighted by Crippen LogP contribution is 2.57. The van der Waals surface area contributed by atoms with E-state index >= 15 is 0 Å². The van der Waals surface area contributed by atoms with E-state index in [1.807, 2.05) is 42.5 Å². The van der Waals surface area contributed by atoms with Crippen LogP contribution in [0, 0.1) is 11.8 Å². The Labute approximate surface area is 177 Å². The van der Waals surface area contributed by atoms with Gasteiger partial charge < -0.3 is 14.7 Å². The van der Waals surface area contributed by atoms with E-state index in [9.17, 15) is 9.90 Å². The number of benzene rings is 2. The summed E-state index contributed by atoms with van der Waals surface area (Å²) < 4.78 is 5.21. The third-order valence-electron chi connectivity index (χ3n) is 7.56. The van der Waals surface area contributed by atoms with E-state index in [0.29, 0.717) is 5.75 Å². The number of ether oxygens (including phenoxy) is 1. The van der Waals surface area contributed by atoms with Crippen LogP contribution in [-0.2, 0) is 20.4 Å². The van der Waals surface area contributed by atoms with Crippen LogP contribution in [0.25, 0.3) is 6.08 Å². The lowest BCUT2D eigenvalue weighted by molar-refractivity contribution is -0.144.